The van der Waals surface area contributed by atoms with Crippen LogP contribution in [0.15, 0.2) is 12.3 Å². The first-order valence-electron chi connectivity index (χ1n) is 7.44. The normalized spacial score (nSPS) is 21.8. The number of hydrazine groups is 1. The fraction of sp³-hybridized carbons (Fsp3) is 0.800. The molecule has 0 amide bonds. The smallest absolute Gasteiger partial charge is 0.0657 e. The summed E-state index contributed by atoms with van der Waals surface area (Å²) in [5, 5.41) is 4.43. The summed E-state index contributed by atoms with van der Waals surface area (Å²) < 4.78 is 2.09. The average molecular weight is 264 g/mol. The van der Waals surface area contributed by atoms with Gasteiger partial charge in [0.05, 0.1) is 11.7 Å². The van der Waals surface area contributed by atoms with Gasteiger partial charge in [-0.25, -0.2) is 0 Å². The van der Waals surface area contributed by atoms with Gasteiger partial charge < -0.3 is 0 Å². The first-order valence-corrected chi connectivity index (χ1v) is 7.44. The topological polar surface area (TPSA) is 55.9 Å². The maximum absolute atomic E-state index is 5.84. The molecule has 1 atom stereocenters. The summed E-state index contributed by atoms with van der Waals surface area (Å²) in [6.45, 7) is 9.06. The van der Waals surface area contributed by atoms with Gasteiger partial charge in [-0.15, -0.1) is 0 Å². The minimum Gasteiger partial charge on any atom is -0.271 e. The molecule has 4 heteroatoms. The fourth-order valence-electron chi connectivity index (χ4n) is 3.22. The summed E-state index contributed by atoms with van der Waals surface area (Å²) in [6.07, 6.45) is 6.93. The highest BCUT2D eigenvalue weighted by Gasteiger charge is 2.33. The highest BCUT2D eigenvalue weighted by Crippen LogP contribution is 2.42. The molecule has 1 heterocycles. The Balaban J connectivity index is 2.14. The molecule has 1 aliphatic rings. The van der Waals surface area contributed by atoms with E-state index < -0.39 is 0 Å². The minimum absolute atomic E-state index is 0.223. The van der Waals surface area contributed by atoms with Crippen LogP contribution in [-0.2, 0) is 0 Å². The lowest BCUT2D eigenvalue weighted by atomic mass is 9.71. The minimum atomic E-state index is 0.223. The largest absolute Gasteiger partial charge is 0.271 e. The molecule has 0 saturated heterocycles. The van der Waals surface area contributed by atoms with Gasteiger partial charge in [-0.1, -0.05) is 13.8 Å². The van der Waals surface area contributed by atoms with Crippen molar-refractivity contribution in [1.82, 2.24) is 15.2 Å². The molecule has 1 fully saturated rings. The highest BCUT2D eigenvalue weighted by molar-refractivity contribution is 5.10. The summed E-state index contributed by atoms with van der Waals surface area (Å²) in [7, 11) is 0. The number of nitrogens with one attached hydrogen (secondary N) is 1. The van der Waals surface area contributed by atoms with Crippen molar-refractivity contribution in [2.24, 2.45) is 17.2 Å². The maximum atomic E-state index is 5.84. The lowest BCUT2D eigenvalue weighted by Crippen LogP contribution is -2.38. The first kappa shape index (κ1) is 14.5. The molecular formula is C15H28N4. The zero-order chi connectivity index (χ0) is 14.0. The van der Waals surface area contributed by atoms with E-state index in [1.807, 2.05) is 6.20 Å². The van der Waals surface area contributed by atoms with Crippen molar-refractivity contribution < 1.29 is 0 Å². The molecule has 1 aromatic rings. The van der Waals surface area contributed by atoms with Gasteiger partial charge in [0, 0.05) is 12.2 Å². The first-order chi connectivity index (χ1) is 8.94. The van der Waals surface area contributed by atoms with Crippen molar-refractivity contribution >= 4 is 0 Å². The Labute approximate surface area is 116 Å². The lowest BCUT2D eigenvalue weighted by Gasteiger charge is -2.38. The zero-order valence-corrected chi connectivity index (χ0v) is 12.7. The van der Waals surface area contributed by atoms with Crippen LogP contribution in [0.3, 0.4) is 0 Å². The molecule has 1 aliphatic carbocycles. The van der Waals surface area contributed by atoms with Crippen molar-refractivity contribution in [1.29, 1.82) is 0 Å². The summed E-state index contributed by atoms with van der Waals surface area (Å²) >= 11 is 0. The highest BCUT2D eigenvalue weighted by atomic mass is 15.3. The van der Waals surface area contributed by atoms with Crippen LogP contribution in [0, 0.1) is 11.3 Å². The van der Waals surface area contributed by atoms with Crippen LogP contribution in [0.1, 0.15) is 71.2 Å². The van der Waals surface area contributed by atoms with E-state index in [9.17, 15) is 0 Å². The van der Waals surface area contributed by atoms with Gasteiger partial charge in [-0.2, -0.15) is 5.10 Å². The SMILES string of the molecule is CC(C)n1nccc1C(NN)C1CCC(C)(C)CC1. The molecule has 0 aliphatic heterocycles. The van der Waals surface area contributed by atoms with E-state index in [1.54, 1.807) is 0 Å². The summed E-state index contributed by atoms with van der Waals surface area (Å²) in [5.74, 6) is 6.46. The van der Waals surface area contributed by atoms with E-state index in [2.05, 4.69) is 49.0 Å². The Morgan fingerprint density at radius 3 is 2.53 bits per heavy atom. The van der Waals surface area contributed by atoms with Crippen molar-refractivity contribution in [3.8, 4) is 0 Å². The molecule has 0 bridgehead atoms. The molecular weight excluding hydrogens is 236 g/mol. The second-order valence-corrected chi connectivity index (χ2v) is 6.94. The molecule has 1 unspecified atom stereocenters. The summed E-state index contributed by atoms with van der Waals surface area (Å²) in [5.41, 5.74) is 4.75. The van der Waals surface area contributed by atoms with Crippen molar-refractivity contribution in [3.63, 3.8) is 0 Å². The van der Waals surface area contributed by atoms with Crippen LogP contribution in [0.4, 0.5) is 0 Å². The second-order valence-electron chi connectivity index (χ2n) is 6.94. The van der Waals surface area contributed by atoms with Gasteiger partial charge in [-0.05, 0) is 56.9 Å². The number of hydrogen-bond donors (Lipinski definition) is 2. The molecule has 4 nitrogen and oxygen atoms in total. The molecule has 0 spiro atoms. The van der Waals surface area contributed by atoms with E-state index in [-0.39, 0.29) is 6.04 Å². The third-order valence-corrected chi connectivity index (χ3v) is 4.54. The maximum Gasteiger partial charge on any atom is 0.0657 e. The Kier molecular flexibility index (Phi) is 4.31. The summed E-state index contributed by atoms with van der Waals surface area (Å²) in [6, 6.07) is 2.70. The van der Waals surface area contributed by atoms with Gasteiger partial charge in [-0.3, -0.25) is 16.0 Å². The predicted octanol–water partition coefficient (Wildman–Crippen LogP) is 3.18. The van der Waals surface area contributed by atoms with Crippen LogP contribution in [0.25, 0.3) is 0 Å². The van der Waals surface area contributed by atoms with Gasteiger partial charge >= 0.3 is 0 Å². The molecule has 1 aromatic heterocycles. The predicted molar refractivity (Wildman–Crippen MR) is 78.4 cm³/mol. The molecule has 0 radical (unpaired) electrons. The molecule has 108 valence electrons. The molecule has 2 rings (SSSR count). The molecule has 3 N–H and O–H groups in total. The van der Waals surface area contributed by atoms with E-state index in [0.29, 0.717) is 17.4 Å². The number of nitrogens with zero attached hydrogens (tertiary/aromatic N) is 2. The van der Waals surface area contributed by atoms with Crippen LogP contribution in [0.2, 0.25) is 0 Å². The van der Waals surface area contributed by atoms with Crippen LogP contribution >= 0.6 is 0 Å². The lowest BCUT2D eigenvalue weighted by molar-refractivity contribution is 0.157. The third-order valence-electron chi connectivity index (χ3n) is 4.54. The van der Waals surface area contributed by atoms with Crippen LogP contribution in [0.5, 0.6) is 0 Å². The van der Waals surface area contributed by atoms with Gasteiger partial charge in [0.15, 0.2) is 0 Å². The third kappa shape index (κ3) is 3.18. The van der Waals surface area contributed by atoms with Gasteiger partial charge in [0.2, 0.25) is 0 Å². The second kappa shape index (κ2) is 5.63. The van der Waals surface area contributed by atoms with E-state index >= 15 is 0 Å². The summed E-state index contributed by atoms with van der Waals surface area (Å²) in [4.78, 5) is 0. The van der Waals surface area contributed by atoms with Crippen molar-refractivity contribution in [2.75, 3.05) is 0 Å². The number of nitrogens with two attached hydrogens (primary N) is 1. The average Bonchev–Trinajstić information content (AvgIpc) is 2.81. The molecule has 1 saturated carbocycles. The standard InChI is InChI=1S/C15H28N4/c1-11(2)19-13(7-10-17-19)14(18-16)12-5-8-15(3,4)9-6-12/h7,10-12,14,18H,5-6,8-9,16H2,1-4H3. The number of rotatable bonds is 4. The van der Waals surface area contributed by atoms with E-state index in [1.165, 1.54) is 31.4 Å². The monoisotopic (exact) mass is 264 g/mol. The Hall–Kier alpha value is -0.870. The zero-order valence-electron chi connectivity index (χ0n) is 12.7. The van der Waals surface area contributed by atoms with Crippen molar-refractivity contribution in [3.05, 3.63) is 18.0 Å². The Morgan fingerprint density at radius 1 is 1.37 bits per heavy atom. The number of hydrogen-bond acceptors (Lipinski definition) is 3. The molecule has 19 heavy (non-hydrogen) atoms. The van der Waals surface area contributed by atoms with Crippen LogP contribution in [-0.4, -0.2) is 9.78 Å². The van der Waals surface area contributed by atoms with Crippen molar-refractivity contribution in [2.45, 2.75) is 65.5 Å². The van der Waals surface area contributed by atoms with Gasteiger partial charge in [0.25, 0.3) is 0 Å². The fourth-order valence-corrected chi connectivity index (χ4v) is 3.22. The van der Waals surface area contributed by atoms with E-state index in [4.69, 9.17) is 5.84 Å². The molecule has 0 aromatic carbocycles. The quantitative estimate of drug-likeness (QED) is 0.648. The van der Waals surface area contributed by atoms with Crippen LogP contribution < -0.4 is 11.3 Å². The number of aromatic nitrogens is 2. The Bertz CT molecular complexity index is 398. The van der Waals surface area contributed by atoms with E-state index in [0.717, 1.165) is 0 Å². The van der Waals surface area contributed by atoms with Gasteiger partial charge in [0.1, 0.15) is 0 Å². The Morgan fingerprint density at radius 2 is 2.00 bits per heavy atom.